The highest BCUT2D eigenvalue weighted by Gasteiger charge is 1.98. The molecule has 0 aromatic carbocycles. The first-order valence-electron chi connectivity index (χ1n) is 3.60. The molecule has 0 aliphatic heterocycles. The van der Waals surface area contributed by atoms with Gasteiger partial charge in [-0.1, -0.05) is 0 Å². The third kappa shape index (κ3) is 4.49. The maximum atomic E-state index is 10.2. The number of nitrogens with zero attached hydrogens (tertiary/aromatic N) is 2. The van der Waals surface area contributed by atoms with Crippen LogP contribution in [0.5, 0.6) is 0 Å². The minimum Gasteiger partial charge on any atom is -0.478 e. The van der Waals surface area contributed by atoms with Crippen LogP contribution in [0.3, 0.4) is 0 Å². The molecule has 0 aliphatic rings. The maximum absolute atomic E-state index is 10.2. The van der Waals surface area contributed by atoms with Crippen molar-refractivity contribution in [2.24, 2.45) is 5.10 Å². The van der Waals surface area contributed by atoms with E-state index in [9.17, 15) is 4.79 Å². The number of hydrogen-bond acceptors (Lipinski definition) is 3. The van der Waals surface area contributed by atoms with Gasteiger partial charge in [0.2, 0.25) is 0 Å². The summed E-state index contributed by atoms with van der Waals surface area (Å²) in [6.45, 7) is 5.40. The first kappa shape index (κ1) is 10.7. The number of carboxylic acids is 1. The lowest BCUT2D eigenvalue weighted by Crippen LogP contribution is -2.11. The van der Waals surface area contributed by atoms with E-state index < -0.39 is 5.97 Å². The number of carboxylic acid groups (broad SMARTS) is 1. The molecule has 0 fully saturated rings. The van der Waals surface area contributed by atoms with Gasteiger partial charge in [-0.2, -0.15) is 5.10 Å². The van der Waals surface area contributed by atoms with E-state index in [1.54, 1.807) is 14.0 Å². The third-order valence-corrected chi connectivity index (χ3v) is 1.19. The van der Waals surface area contributed by atoms with Gasteiger partial charge < -0.3 is 5.11 Å². The van der Waals surface area contributed by atoms with Gasteiger partial charge in [0.1, 0.15) is 0 Å². The molecule has 0 spiro atoms. The van der Waals surface area contributed by atoms with Gasteiger partial charge >= 0.3 is 5.97 Å². The predicted molar refractivity (Wildman–Crippen MR) is 47.9 cm³/mol. The van der Waals surface area contributed by atoms with Crippen molar-refractivity contribution < 1.29 is 9.90 Å². The number of allylic oxidation sites excluding steroid dienone is 1. The molecule has 1 N–H and O–H groups in total. The van der Waals surface area contributed by atoms with Gasteiger partial charge in [-0.05, 0) is 20.8 Å². The number of carbonyl (C=O) groups is 1. The largest absolute Gasteiger partial charge is 0.478 e. The number of rotatable bonds is 3. The normalized spacial score (nSPS) is 10.8. The summed E-state index contributed by atoms with van der Waals surface area (Å²) in [7, 11) is 1.71. The minimum absolute atomic E-state index is 0.601. The second-order valence-electron chi connectivity index (χ2n) is 2.69. The zero-order valence-electron chi connectivity index (χ0n) is 7.83. The summed E-state index contributed by atoms with van der Waals surface area (Å²) in [6, 6.07) is 0. The molecule has 12 heavy (non-hydrogen) atoms. The minimum atomic E-state index is -0.955. The highest BCUT2D eigenvalue weighted by Crippen LogP contribution is 2.00. The van der Waals surface area contributed by atoms with E-state index in [4.69, 9.17) is 5.11 Å². The van der Waals surface area contributed by atoms with Gasteiger partial charge in [-0.25, -0.2) is 4.79 Å². The molecule has 68 valence electrons. The van der Waals surface area contributed by atoms with Crippen molar-refractivity contribution in [3.63, 3.8) is 0 Å². The summed E-state index contributed by atoms with van der Waals surface area (Å²) in [5.74, 6) is -0.955. The molecule has 0 aromatic rings. The lowest BCUT2D eigenvalue weighted by atomic mass is 10.4. The topological polar surface area (TPSA) is 52.9 Å². The average molecular weight is 170 g/mol. The SMILES string of the molecule is CC(=CC(=O)O)N(C)N=C(C)C. The summed E-state index contributed by atoms with van der Waals surface area (Å²) in [4.78, 5) is 10.2. The number of aliphatic carboxylic acids is 1. The van der Waals surface area contributed by atoms with Crippen LogP contribution in [0.4, 0.5) is 0 Å². The summed E-state index contributed by atoms with van der Waals surface area (Å²) < 4.78 is 0. The van der Waals surface area contributed by atoms with E-state index in [1.807, 2.05) is 13.8 Å². The van der Waals surface area contributed by atoms with Crippen LogP contribution >= 0.6 is 0 Å². The third-order valence-electron chi connectivity index (χ3n) is 1.19. The maximum Gasteiger partial charge on any atom is 0.330 e. The first-order valence-corrected chi connectivity index (χ1v) is 3.60. The molecule has 4 heteroatoms. The zero-order chi connectivity index (χ0) is 9.72. The Balaban J connectivity index is 4.39. The van der Waals surface area contributed by atoms with Crippen LogP contribution in [0, 0.1) is 0 Å². The molecule has 4 nitrogen and oxygen atoms in total. The molecular weight excluding hydrogens is 156 g/mol. The fourth-order valence-electron chi connectivity index (χ4n) is 0.651. The van der Waals surface area contributed by atoms with Crippen LogP contribution in [-0.2, 0) is 4.79 Å². The predicted octanol–water partition coefficient (Wildman–Crippen LogP) is 1.30. The van der Waals surface area contributed by atoms with Crippen molar-refractivity contribution >= 4 is 11.7 Å². The van der Waals surface area contributed by atoms with Gasteiger partial charge in [0.05, 0.1) is 0 Å². The van der Waals surface area contributed by atoms with Crippen molar-refractivity contribution in [2.75, 3.05) is 7.05 Å². The van der Waals surface area contributed by atoms with Gasteiger partial charge in [0, 0.05) is 24.5 Å². The molecule has 0 saturated carbocycles. The number of hydrazone groups is 1. The Hall–Kier alpha value is -1.32. The Morgan fingerprint density at radius 3 is 2.25 bits per heavy atom. The Bertz CT molecular complexity index is 227. The van der Waals surface area contributed by atoms with E-state index in [0.29, 0.717) is 5.70 Å². The van der Waals surface area contributed by atoms with Gasteiger partial charge in [-0.15, -0.1) is 0 Å². The summed E-state index contributed by atoms with van der Waals surface area (Å²) >= 11 is 0. The van der Waals surface area contributed by atoms with Crippen LogP contribution in [-0.4, -0.2) is 28.8 Å². The molecule has 0 aliphatic carbocycles. The molecular formula is C8H14N2O2. The summed E-state index contributed by atoms with van der Waals surface area (Å²) in [5.41, 5.74) is 1.49. The Morgan fingerprint density at radius 1 is 1.42 bits per heavy atom. The highest BCUT2D eigenvalue weighted by molar-refractivity contribution is 5.81. The average Bonchev–Trinajstić information content (AvgIpc) is 1.84. The van der Waals surface area contributed by atoms with Crippen LogP contribution in [0.25, 0.3) is 0 Å². The highest BCUT2D eigenvalue weighted by atomic mass is 16.4. The van der Waals surface area contributed by atoms with E-state index in [2.05, 4.69) is 5.10 Å². The van der Waals surface area contributed by atoms with Crippen molar-refractivity contribution in [1.82, 2.24) is 5.01 Å². The second-order valence-corrected chi connectivity index (χ2v) is 2.69. The van der Waals surface area contributed by atoms with Crippen molar-refractivity contribution in [3.05, 3.63) is 11.8 Å². The van der Waals surface area contributed by atoms with Crippen LogP contribution < -0.4 is 0 Å². The smallest absolute Gasteiger partial charge is 0.330 e. The van der Waals surface area contributed by atoms with Crippen LogP contribution in [0.2, 0.25) is 0 Å². The molecule has 0 heterocycles. The van der Waals surface area contributed by atoms with Gasteiger partial charge in [0.25, 0.3) is 0 Å². The fourth-order valence-corrected chi connectivity index (χ4v) is 0.651. The van der Waals surface area contributed by atoms with E-state index in [1.165, 1.54) is 5.01 Å². The lowest BCUT2D eigenvalue weighted by molar-refractivity contribution is -0.131. The molecule has 0 unspecified atom stereocenters. The molecule has 0 bridgehead atoms. The molecule has 0 aromatic heterocycles. The lowest BCUT2D eigenvalue weighted by Gasteiger charge is -2.12. The summed E-state index contributed by atoms with van der Waals surface area (Å²) in [5, 5.41) is 14.0. The van der Waals surface area contributed by atoms with Crippen LogP contribution in [0.15, 0.2) is 16.9 Å². The Morgan fingerprint density at radius 2 is 1.92 bits per heavy atom. The van der Waals surface area contributed by atoms with Crippen molar-refractivity contribution in [2.45, 2.75) is 20.8 Å². The number of hydrogen-bond donors (Lipinski definition) is 1. The fraction of sp³-hybridized carbons (Fsp3) is 0.500. The standard InChI is InChI=1S/C8H14N2O2/c1-6(2)9-10(4)7(3)5-8(11)12/h5H,1-4H3,(H,11,12). The molecule has 0 radical (unpaired) electrons. The first-order chi connectivity index (χ1) is 5.43. The van der Waals surface area contributed by atoms with E-state index in [-0.39, 0.29) is 0 Å². The van der Waals surface area contributed by atoms with Crippen molar-refractivity contribution in [1.29, 1.82) is 0 Å². The van der Waals surface area contributed by atoms with Gasteiger partial charge in [-0.3, -0.25) is 5.01 Å². The molecule has 0 saturated heterocycles. The summed E-state index contributed by atoms with van der Waals surface area (Å²) in [6.07, 6.45) is 1.12. The Labute approximate surface area is 72.2 Å². The zero-order valence-corrected chi connectivity index (χ0v) is 7.83. The molecule has 0 amide bonds. The Kier molecular flexibility index (Phi) is 4.04. The molecule has 0 atom stereocenters. The second kappa shape index (κ2) is 4.54. The molecule has 0 rings (SSSR count). The van der Waals surface area contributed by atoms with Gasteiger partial charge in [0.15, 0.2) is 0 Å². The van der Waals surface area contributed by atoms with Crippen molar-refractivity contribution in [3.8, 4) is 0 Å². The van der Waals surface area contributed by atoms with E-state index >= 15 is 0 Å². The quantitative estimate of drug-likeness (QED) is 0.394. The van der Waals surface area contributed by atoms with E-state index in [0.717, 1.165) is 11.8 Å². The van der Waals surface area contributed by atoms with Crippen LogP contribution in [0.1, 0.15) is 20.8 Å². The monoisotopic (exact) mass is 170 g/mol.